The van der Waals surface area contributed by atoms with Crippen molar-refractivity contribution in [1.29, 1.82) is 0 Å². The minimum atomic E-state index is -0.151. The van der Waals surface area contributed by atoms with Crippen molar-refractivity contribution < 1.29 is 14.3 Å². The van der Waals surface area contributed by atoms with E-state index in [1.165, 1.54) is 0 Å². The summed E-state index contributed by atoms with van der Waals surface area (Å²) in [4.78, 5) is 19.5. The van der Waals surface area contributed by atoms with Crippen LogP contribution in [0.2, 0.25) is 0 Å². The molecule has 6 nitrogen and oxygen atoms in total. The zero-order chi connectivity index (χ0) is 23.2. The van der Waals surface area contributed by atoms with Crippen LogP contribution in [-0.4, -0.2) is 55.2 Å². The van der Waals surface area contributed by atoms with Gasteiger partial charge in [0, 0.05) is 54.1 Å². The Morgan fingerprint density at radius 3 is 2.53 bits per heavy atom. The molecule has 0 spiro atoms. The van der Waals surface area contributed by atoms with Crippen molar-refractivity contribution >= 4 is 22.4 Å². The molecule has 0 saturated carbocycles. The number of anilines is 1. The Hall–Kier alpha value is -3.74. The molecule has 1 saturated heterocycles. The molecule has 1 amide bonds. The fourth-order valence-corrected chi connectivity index (χ4v) is 4.19. The summed E-state index contributed by atoms with van der Waals surface area (Å²) in [5.41, 5.74) is 3.36. The summed E-state index contributed by atoms with van der Waals surface area (Å²) in [7, 11) is 0. The fourth-order valence-electron chi connectivity index (χ4n) is 4.19. The third kappa shape index (κ3) is 5.09. The van der Waals surface area contributed by atoms with Gasteiger partial charge in [0.05, 0.1) is 13.2 Å². The zero-order valence-electron chi connectivity index (χ0n) is 18.9. The van der Waals surface area contributed by atoms with Gasteiger partial charge < -0.3 is 14.8 Å². The maximum atomic E-state index is 13.1. The summed E-state index contributed by atoms with van der Waals surface area (Å²) < 4.78 is 11.5. The van der Waals surface area contributed by atoms with Crippen molar-refractivity contribution in [2.75, 3.05) is 44.8 Å². The molecule has 0 atom stereocenters. The number of carbonyl (C=O) groups is 1. The lowest BCUT2D eigenvalue weighted by Gasteiger charge is -2.26. The lowest BCUT2D eigenvalue weighted by molar-refractivity contribution is 0.0323. The molecule has 34 heavy (non-hydrogen) atoms. The third-order valence-corrected chi connectivity index (χ3v) is 6.04. The Morgan fingerprint density at radius 1 is 0.912 bits per heavy atom. The van der Waals surface area contributed by atoms with Crippen molar-refractivity contribution in [1.82, 2.24) is 9.88 Å². The number of aromatic nitrogens is 1. The van der Waals surface area contributed by atoms with Crippen LogP contribution in [0, 0.1) is 0 Å². The minimum Gasteiger partial charge on any atom is -0.492 e. The molecule has 0 unspecified atom stereocenters. The van der Waals surface area contributed by atoms with Gasteiger partial charge in [0.25, 0.3) is 5.91 Å². The van der Waals surface area contributed by atoms with Crippen molar-refractivity contribution in [2.45, 2.75) is 0 Å². The van der Waals surface area contributed by atoms with Gasteiger partial charge >= 0.3 is 0 Å². The highest BCUT2D eigenvalue weighted by Crippen LogP contribution is 2.32. The van der Waals surface area contributed by atoms with Gasteiger partial charge in [-0.05, 0) is 47.5 Å². The SMILES string of the molecule is O=C(Nc1ccc(OCCN2CCOCC2)c2ccccc12)c1cccc(-c2ccncc2)c1. The molecule has 3 aromatic carbocycles. The quantitative estimate of drug-likeness (QED) is 0.433. The molecule has 1 aliphatic heterocycles. The van der Waals surface area contributed by atoms with Crippen LogP contribution in [0.3, 0.4) is 0 Å². The third-order valence-electron chi connectivity index (χ3n) is 6.04. The summed E-state index contributed by atoms with van der Waals surface area (Å²) in [6, 6.07) is 23.3. The van der Waals surface area contributed by atoms with Gasteiger partial charge in [0.2, 0.25) is 0 Å². The number of carbonyl (C=O) groups excluding carboxylic acids is 1. The standard InChI is InChI=1S/C28H27N3O3/c32-28(23-5-3-4-22(20-23)21-10-12-29-13-11-21)30-26-8-9-27(25-7-2-1-6-24(25)26)34-19-16-31-14-17-33-18-15-31/h1-13,20H,14-19H2,(H,30,32). The molecule has 1 N–H and O–H groups in total. The highest BCUT2D eigenvalue weighted by Gasteiger charge is 2.13. The van der Waals surface area contributed by atoms with Gasteiger partial charge in [-0.25, -0.2) is 0 Å². The second-order valence-corrected chi connectivity index (χ2v) is 8.23. The van der Waals surface area contributed by atoms with E-state index in [1.54, 1.807) is 12.4 Å². The van der Waals surface area contributed by atoms with Crippen molar-refractivity contribution in [3.8, 4) is 16.9 Å². The number of hydrogen-bond donors (Lipinski definition) is 1. The zero-order valence-corrected chi connectivity index (χ0v) is 18.9. The van der Waals surface area contributed by atoms with Gasteiger partial charge in [-0.15, -0.1) is 0 Å². The van der Waals surface area contributed by atoms with Gasteiger partial charge in [0.1, 0.15) is 12.4 Å². The molecule has 1 fully saturated rings. The van der Waals surface area contributed by atoms with Crippen LogP contribution in [0.25, 0.3) is 21.9 Å². The average Bonchev–Trinajstić information content (AvgIpc) is 2.91. The molecule has 0 bridgehead atoms. The maximum Gasteiger partial charge on any atom is 0.255 e. The smallest absolute Gasteiger partial charge is 0.255 e. The number of nitrogens with zero attached hydrogens (tertiary/aromatic N) is 2. The first-order chi connectivity index (χ1) is 16.8. The largest absolute Gasteiger partial charge is 0.492 e. The van der Waals surface area contributed by atoms with Crippen LogP contribution in [0.4, 0.5) is 5.69 Å². The second-order valence-electron chi connectivity index (χ2n) is 8.23. The van der Waals surface area contributed by atoms with Crippen LogP contribution in [0.5, 0.6) is 5.75 Å². The lowest BCUT2D eigenvalue weighted by Crippen LogP contribution is -2.38. The Morgan fingerprint density at radius 2 is 1.71 bits per heavy atom. The molecule has 6 heteroatoms. The van der Waals surface area contributed by atoms with Gasteiger partial charge in [0.15, 0.2) is 0 Å². The monoisotopic (exact) mass is 453 g/mol. The van der Waals surface area contributed by atoms with E-state index in [4.69, 9.17) is 9.47 Å². The fraction of sp³-hybridized carbons (Fsp3) is 0.214. The Balaban J connectivity index is 1.32. The van der Waals surface area contributed by atoms with Crippen molar-refractivity contribution in [3.05, 3.63) is 90.8 Å². The number of rotatable bonds is 7. The van der Waals surface area contributed by atoms with Gasteiger partial charge in [-0.2, -0.15) is 0 Å². The van der Waals surface area contributed by atoms with Crippen molar-refractivity contribution in [3.63, 3.8) is 0 Å². The Labute approximate surface area is 199 Å². The summed E-state index contributed by atoms with van der Waals surface area (Å²) in [5, 5.41) is 5.01. The van der Waals surface area contributed by atoms with E-state index in [0.717, 1.165) is 66.2 Å². The lowest BCUT2D eigenvalue weighted by atomic mass is 10.0. The average molecular weight is 454 g/mol. The number of benzene rings is 3. The van der Waals surface area contributed by atoms with E-state index in [0.29, 0.717) is 12.2 Å². The minimum absolute atomic E-state index is 0.151. The Kier molecular flexibility index (Phi) is 6.79. The highest BCUT2D eigenvalue weighted by molar-refractivity contribution is 6.10. The number of hydrogen-bond acceptors (Lipinski definition) is 5. The van der Waals surface area contributed by atoms with Crippen LogP contribution in [-0.2, 0) is 4.74 Å². The molecule has 1 aromatic heterocycles. The summed E-state index contributed by atoms with van der Waals surface area (Å²) in [5.74, 6) is 0.670. The highest BCUT2D eigenvalue weighted by atomic mass is 16.5. The number of nitrogens with one attached hydrogen (secondary N) is 1. The van der Waals surface area contributed by atoms with Crippen LogP contribution >= 0.6 is 0 Å². The topological polar surface area (TPSA) is 63.7 Å². The molecule has 5 rings (SSSR count). The van der Waals surface area contributed by atoms with Crippen LogP contribution in [0.1, 0.15) is 10.4 Å². The number of amides is 1. The van der Waals surface area contributed by atoms with Gasteiger partial charge in [-0.1, -0.05) is 36.4 Å². The summed E-state index contributed by atoms with van der Waals surface area (Å²) >= 11 is 0. The Bertz CT molecular complexity index is 1270. The molecule has 4 aromatic rings. The number of morpholine rings is 1. The molecule has 172 valence electrons. The molecular formula is C28H27N3O3. The van der Waals surface area contributed by atoms with E-state index in [2.05, 4.69) is 15.2 Å². The number of ether oxygens (including phenoxy) is 2. The van der Waals surface area contributed by atoms with E-state index >= 15 is 0 Å². The van der Waals surface area contributed by atoms with Crippen LogP contribution in [0.15, 0.2) is 85.2 Å². The first-order valence-electron chi connectivity index (χ1n) is 11.5. The van der Waals surface area contributed by atoms with Gasteiger partial charge in [-0.3, -0.25) is 14.7 Å². The van der Waals surface area contributed by atoms with E-state index < -0.39 is 0 Å². The molecular weight excluding hydrogens is 426 g/mol. The van der Waals surface area contributed by atoms with E-state index in [9.17, 15) is 4.79 Å². The summed E-state index contributed by atoms with van der Waals surface area (Å²) in [6.45, 7) is 4.92. The maximum absolute atomic E-state index is 13.1. The number of fused-ring (bicyclic) bond motifs is 1. The van der Waals surface area contributed by atoms with E-state index in [-0.39, 0.29) is 5.91 Å². The van der Waals surface area contributed by atoms with Crippen molar-refractivity contribution in [2.24, 2.45) is 0 Å². The normalized spacial score (nSPS) is 14.1. The first kappa shape index (κ1) is 22.1. The predicted molar refractivity (Wildman–Crippen MR) is 134 cm³/mol. The molecule has 0 aliphatic carbocycles. The molecule has 1 aliphatic rings. The molecule has 2 heterocycles. The van der Waals surface area contributed by atoms with Crippen LogP contribution < -0.4 is 10.1 Å². The van der Waals surface area contributed by atoms with E-state index in [1.807, 2.05) is 72.8 Å². The molecule has 0 radical (unpaired) electrons. The number of pyridine rings is 1. The summed E-state index contributed by atoms with van der Waals surface area (Å²) in [6.07, 6.45) is 3.50. The first-order valence-corrected chi connectivity index (χ1v) is 11.5. The second kappa shape index (κ2) is 10.5. The predicted octanol–water partition coefficient (Wildman–Crippen LogP) is 4.87.